The molecule has 0 saturated heterocycles. The SMILES string of the molecule is CNc1cc(-c2ccncc2)nc(NCCCO)n1. The lowest BCUT2D eigenvalue weighted by atomic mass is 10.2. The Morgan fingerprint density at radius 3 is 2.68 bits per heavy atom. The molecule has 0 atom stereocenters. The van der Waals surface area contributed by atoms with Crippen molar-refractivity contribution in [3.63, 3.8) is 0 Å². The molecular weight excluding hydrogens is 242 g/mol. The lowest BCUT2D eigenvalue weighted by Crippen LogP contribution is -2.08. The molecule has 2 aromatic rings. The van der Waals surface area contributed by atoms with Crippen molar-refractivity contribution in [3.8, 4) is 11.3 Å². The first-order valence-electron chi connectivity index (χ1n) is 6.15. The van der Waals surface area contributed by atoms with E-state index in [1.807, 2.05) is 25.2 Å². The Labute approximate surface area is 112 Å². The maximum atomic E-state index is 8.78. The van der Waals surface area contributed by atoms with E-state index in [2.05, 4.69) is 25.6 Å². The Morgan fingerprint density at radius 2 is 2.00 bits per heavy atom. The van der Waals surface area contributed by atoms with Gasteiger partial charge in [0.15, 0.2) is 0 Å². The first-order valence-corrected chi connectivity index (χ1v) is 6.15. The third-order valence-corrected chi connectivity index (χ3v) is 2.58. The van der Waals surface area contributed by atoms with Crippen molar-refractivity contribution >= 4 is 11.8 Å². The molecule has 2 heterocycles. The molecule has 2 rings (SSSR count). The fourth-order valence-corrected chi connectivity index (χ4v) is 1.60. The van der Waals surface area contributed by atoms with Gasteiger partial charge >= 0.3 is 0 Å². The van der Waals surface area contributed by atoms with Crippen LogP contribution >= 0.6 is 0 Å². The molecule has 19 heavy (non-hydrogen) atoms. The van der Waals surface area contributed by atoms with Gasteiger partial charge in [-0.3, -0.25) is 4.98 Å². The smallest absolute Gasteiger partial charge is 0.225 e. The molecule has 0 saturated carbocycles. The molecule has 100 valence electrons. The predicted molar refractivity (Wildman–Crippen MR) is 75.0 cm³/mol. The summed E-state index contributed by atoms with van der Waals surface area (Å²) in [6, 6.07) is 5.69. The van der Waals surface area contributed by atoms with Gasteiger partial charge in [0.1, 0.15) is 5.82 Å². The maximum Gasteiger partial charge on any atom is 0.225 e. The van der Waals surface area contributed by atoms with Crippen molar-refractivity contribution in [1.82, 2.24) is 15.0 Å². The van der Waals surface area contributed by atoms with Gasteiger partial charge in [0.2, 0.25) is 5.95 Å². The Hall–Kier alpha value is -2.21. The van der Waals surface area contributed by atoms with Crippen molar-refractivity contribution in [2.75, 3.05) is 30.8 Å². The van der Waals surface area contributed by atoms with Crippen LogP contribution < -0.4 is 10.6 Å². The Kier molecular flexibility index (Phi) is 4.63. The summed E-state index contributed by atoms with van der Waals surface area (Å²) in [7, 11) is 1.82. The molecule has 2 aromatic heterocycles. The molecule has 6 nitrogen and oxygen atoms in total. The Balaban J connectivity index is 2.26. The Morgan fingerprint density at radius 1 is 1.21 bits per heavy atom. The second-order valence-electron chi connectivity index (χ2n) is 3.95. The molecule has 0 fully saturated rings. The first-order chi connectivity index (χ1) is 9.33. The van der Waals surface area contributed by atoms with E-state index in [4.69, 9.17) is 5.11 Å². The number of nitrogens with one attached hydrogen (secondary N) is 2. The van der Waals surface area contributed by atoms with Crippen LogP contribution in [0, 0.1) is 0 Å². The maximum absolute atomic E-state index is 8.78. The van der Waals surface area contributed by atoms with E-state index < -0.39 is 0 Å². The summed E-state index contributed by atoms with van der Waals surface area (Å²) in [5.41, 5.74) is 1.81. The van der Waals surface area contributed by atoms with Gasteiger partial charge in [-0.25, -0.2) is 4.98 Å². The number of aromatic nitrogens is 3. The lowest BCUT2D eigenvalue weighted by Gasteiger charge is -2.09. The molecule has 6 heteroatoms. The molecule has 3 N–H and O–H groups in total. The van der Waals surface area contributed by atoms with Crippen molar-refractivity contribution in [1.29, 1.82) is 0 Å². The zero-order valence-electron chi connectivity index (χ0n) is 10.8. The summed E-state index contributed by atoms with van der Waals surface area (Å²) in [6.07, 6.45) is 4.13. The number of aliphatic hydroxyl groups is 1. The average molecular weight is 259 g/mol. The van der Waals surface area contributed by atoms with Crippen LogP contribution in [-0.4, -0.2) is 40.3 Å². The molecule has 0 amide bonds. The van der Waals surface area contributed by atoms with Gasteiger partial charge in [-0.2, -0.15) is 4.98 Å². The van der Waals surface area contributed by atoms with Gasteiger partial charge in [-0.1, -0.05) is 0 Å². The zero-order valence-corrected chi connectivity index (χ0v) is 10.8. The number of pyridine rings is 1. The number of hydrogen-bond acceptors (Lipinski definition) is 6. The number of rotatable bonds is 6. The fraction of sp³-hybridized carbons (Fsp3) is 0.308. The van der Waals surface area contributed by atoms with Crippen molar-refractivity contribution < 1.29 is 5.11 Å². The number of hydrogen-bond donors (Lipinski definition) is 3. The normalized spacial score (nSPS) is 10.2. The second-order valence-corrected chi connectivity index (χ2v) is 3.95. The number of aliphatic hydroxyl groups excluding tert-OH is 1. The topological polar surface area (TPSA) is 83.0 Å². The molecule has 0 radical (unpaired) electrons. The van der Waals surface area contributed by atoms with Gasteiger partial charge in [-0.05, 0) is 18.6 Å². The fourth-order valence-electron chi connectivity index (χ4n) is 1.60. The Bertz CT molecular complexity index is 518. The molecule has 0 bridgehead atoms. The molecule has 0 aliphatic rings. The summed E-state index contributed by atoms with van der Waals surface area (Å²) in [4.78, 5) is 12.8. The molecular formula is C13H17N5O. The highest BCUT2D eigenvalue weighted by Crippen LogP contribution is 2.20. The zero-order chi connectivity index (χ0) is 13.5. The van der Waals surface area contributed by atoms with Gasteiger partial charge < -0.3 is 15.7 Å². The van der Waals surface area contributed by atoms with Crippen LogP contribution in [0.25, 0.3) is 11.3 Å². The van der Waals surface area contributed by atoms with Crippen LogP contribution in [0.2, 0.25) is 0 Å². The predicted octanol–water partition coefficient (Wildman–Crippen LogP) is 1.37. The van der Waals surface area contributed by atoms with Gasteiger partial charge in [0.05, 0.1) is 5.69 Å². The molecule has 0 spiro atoms. The van der Waals surface area contributed by atoms with E-state index in [-0.39, 0.29) is 6.61 Å². The van der Waals surface area contributed by atoms with Crippen LogP contribution in [0.15, 0.2) is 30.6 Å². The van der Waals surface area contributed by atoms with E-state index in [9.17, 15) is 0 Å². The van der Waals surface area contributed by atoms with E-state index in [0.29, 0.717) is 18.9 Å². The molecule has 0 aliphatic carbocycles. The minimum atomic E-state index is 0.149. The largest absolute Gasteiger partial charge is 0.396 e. The standard InChI is InChI=1S/C13H17N5O/c1-14-12-9-11(10-3-6-15-7-4-10)17-13(18-12)16-5-2-8-19/h3-4,6-7,9,19H,2,5,8H2,1H3,(H2,14,16,17,18). The van der Waals surface area contributed by atoms with Crippen molar-refractivity contribution in [2.24, 2.45) is 0 Å². The highest BCUT2D eigenvalue weighted by atomic mass is 16.3. The summed E-state index contributed by atoms with van der Waals surface area (Å²) in [5, 5.41) is 14.9. The average Bonchev–Trinajstić information content (AvgIpc) is 2.48. The lowest BCUT2D eigenvalue weighted by molar-refractivity contribution is 0.292. The monoisotopic (exact) mass is 259 g/mol. The second kappa shape index (κ2) is 6.65. The van der Waals surface area contributed by atoms with Crippen LogP contribution in [0.1, 0.15) is 6.42 Å². The summed E-state index contributed by atoms with van der Waals surface area (Å²) in [5.74, 6) is 1.29. The van der Waals surface area contributed by atoms with E-state index >= 15 is 0 Å². The highest BCUT2D eigenvalue weighted by Gasteiger charge is 2.05. The minimum absolute atomic E-state index is 0.149. The van der Waals surface area contributed by atoms with E-state index in [1.165, 1.54) is 0 Å². The van der Waals surface area contributed by atoms with E-state index in [0.717, 1.165) is 17.1 Å². The summed E-state index contributed by atoms with van der Waals surface area (Å²) in [6.45, 7) is 0.787. The van der Waals surface area contributed by atoms with Crippen LogP contribution in [0.4, 0.5) is 11.8 Å². The molecule has 0 unspecified atom stereocenters. The van der Waals surface area contributed by atoms with Crippen LogP contribution in [0.3, 0.4) is 0 Å². The van der Waals surface area contributed by atoms with Gasteiger partial charge in [-0.15, -0.1) is 0 Å². The summed E-state index contributed by atoms with van der Waals surface area (Å²) >= 11 is 0. The van der Waals surface area contributed by atoms with Crippen LogP contribution in [-0.2, 0) is 0 Å². The van der Waals surface area contributed by atoms with Crippen LogP contribution in [0.5, 0.6) is 0 Å². The van der Waals surface area contributed by atoms with Gasteiger partial charge in [0.25, 0.3) is 0 Å². The number of nitrogens with zero attached hydrogens (tertiary/aromatic N) is 3. The summed E-state index contributed by atoms with van der Waals surface area (Å²) < 4.78 is 0. The highest BCUT2D eigenvalue weighted by molar-refractivity contribution is 5.63. The quantitative estimate of drug-likeness (QED) is 0.680. The van der Waals surface area contributed by atoms with Crippen molar-refractivity contribution in [2.45, 2.75) is 6.42 Å². The first kappa shape index (κ1) is 13.2. The van der Waals surface area contributed by atoms with Crippen molar-refractivity contribution in [3.05, 3.63) is 30.6 Å². The number of anilines is 2. The molecule has 0 aliphatic heterocycles. The third kappa shape index (κ3) is 3.62. The van der Waals surface area contributed by atoms with Gasteiger partial charge in [0, 0.05) is 44.2 Å². The minimum Gasteiger partial charge on any atom is -0.396 e. The van der Waals surface area contributed by atoms with E-state index in [1.54, 1.807) is 12.4 Å². The molecule has 0 aromatic carbocycles. The third-order valence-electron chi connectivity index (χ3n) is 2.58.